The van der Waals surface area contributed by atoms with Crippen LogP contribution in [-0.4, -0.2) is 53.3 Å². The van der Waals surface area contributed by atoms with Crippen molar-refractivity contribution in [3.05, 3.63) is 29.0 Å². The molecule has 5 aliphatic rings. The Morgan fingerprint density at radius 3 is 2.47 bits per heavy atom. The summed E-state index contributed by atoms with van der Waals surface area (Å²) in [5, 5.41) is 20.6. The lowest BCUT2D eigenvalue weighted by Gasteiger charge is -2.56. The molecule has 2 amide bonds. The van der Waals surface area contributed by atoms with Gasteiger partial charge in [0.2, 0.25) is 5.91 Å². The molecule has 1 aromatic rings. The maximum Gasteiger partial charge on any atom is 0.258 e. The van der Waals surface area contributed by atoms with E-state index in [9.17, 15) is 19.1 Å². The highest BCUT2D eigenvalue weighted by atomic mass is 35.5. The van der Waals surface area contributed by atoms with Crippen molar-refractivity contribution in [3.8, 4) is 5.75 Å². The minimum atomic E-state index is -0.759. The normalized spacial score (nSPS) is 35.0. The smallest absolute Gasteiger partial charge is 0.258 e. The van der Waals surface area contributed by atoms with Crippen LogP contribution in [0.25, 0.3) is 0 Å². The zero-order valence-electron chi connectivity index (χ0n) is 19.2. The van der Waals surface area contributed by atoms with Crippen molar-refractivity contribution in [2.24, 2.45) is 11.8 Å². The molecule has 0 spiro atoms. The van der Waals surface area contributed by atoms with Crippen LogP contribution in [0.1, 0.15) is 57.8 Å². The Labute approximate surface area is 204 Å². The Kier molecular flexibility index (Phi) is 6.50. The molecule has 4 aliphatic carbocycles. The van der Waals surface area contributed by atoms with Gasteiger partial charge < -0.3 is 25.8 Å². The van der Waals surface area contributed by atoms with Gasteiger partial charge in [0.25, 0.3) is 5.91 Å². The number of rotatable bonds is 7. The molecule has 0 aromatic heterocycles. The number of aliphatic hydroxyl groups excluding tert-OH is 1. The number of carbonyl (C=O) groups is 2. The van der Waals surface area contributed by atoms with Gasteiger partial charge >= 0.3 is 0 Å². The second kappa shape index (κ2) is 9.28. The van der Waals surface area contributed by atoms with Gasteiger partial charge in [-0.2, -0.15) is 0 Å². The second-order valence-corrected chi connectivity index (χ2v) is 11.1. The number of benzene rings is 1. The van der Waals surface area contributed by atoms with Gasteiger partial charge in [-0.25, -0.2) is 4.39 Å². The van der Waals surface area contributed by atoms with Crippen molar-refractivity contribution in [3.63, 3.8) is 0 Å². The molecule has 1 saturated heterocycles. The molecule has 7 nitrogen and oxygen atoms in total. The average molecular weight is 494 g/mol. The molecule has 3 unspecified atom stereocenters. The van der Waals surface area contributed by atoms with E-state index in [0.29, 0.717) is 38.0 Å². The van der Waals surface area contributed by atoms with E-state index in [4.69, 9.17) is 16.3 Å². The molecule has 2 bridgehead atoms. The van der Waals surface area contributed by atoms with E-state index in [1.807, 2.05) is 0 Å². The van der Waals surface area contributed by atoms with E-state index in [2.05, 4.69) is 16.0 Å². The van der Waals surface area contributed by atoms with E-state index < -0.39 is 23.0 Å². The fraction of sp³-hybridized carbons (Fsp3) is 0.680. The minimum Gasteiger partial charge on any atom is -0.484 e. The highest BCUT2D eigenvalue weighted by molar-refractivity contribution is 6.30. The summed E-state index contributed by atoms with van der Waals surface area (Å²) in [7, 11) is 0. The summed E-state index contributed by atoms with van der Waals surface area (Å²) in [6, 6.07) is 3.84. The van der Waals surface area contributed by atoms with Crippen LogP contribution in [0.2, 0.25) is 5.02 Å². The van der Waals surface area contributed by atoms with Gasteiger partial charge in [-0.3, -0.25) is 9.59 Å². The van der Waals surface area contributed by atoms with Crippen LogP contribution >= 0.6 is 11.6 Å². The van der Waals surface area contributed by atoms with Crippen molar-refractivity contribution in [2.45, 2.75) is 81.0 Å². The average Bonchev–Trinajstić information content (AvgIpc) is 3.67. The lowest BCUT2D eigenvalue weighted by Crippen LogP contribution is -2.71. The van der Waals surface area contributed by atoms with Gasteiger partial charge in [0, 0.05) is 11.6 Å². The second-order valence-electron chi connectivity index (χ2n) is 10.7. The van der Waals surface area contributed by atoms with Gasteiger partial charge in [-0.05, 0) is 88.3 Å². The van der Waals surface area contributed by atoms with Crippen molar-refractivity contribution in [2.75, 3.05) is 13.2 Å². The van der Waals surface area contributed by atoms with Crippen molar-refractivity contribution < 1.29 is 23.8 Å². The molecule has 1 heterocycles. The largest absolute Gasteiger partial charge is 0.484 e. The van der Waals surface area contributed by atoms with Gasteiger partial charge in [-0.15, -0.1) is 0 Å². The fourth-order valence-corrected chi connectivity index (χ4v) is 6.23. The van der Waals surface area contributed by atoms with Crippen LogP contribution in [-0.2, 0) is 9.59 Å². The van der Waals surface area contributed by atoms with Gasteiger partial charge in [0.05, 0.1) is 22.7 Å². The topological polar surface area (TPSA) is 99.7 Å². The number of aliphatic hydroxyl groups is 1. The molecule has 0 radical (unpaired) electrons. The molecule has 34 heavy (non-hydrogen) atoms. The van der Waals surface area contributed by atoms with E-state index in [1.165, 1.54) is 25.0 Å². The lowest BCUT2D eigenvalue weighted by molar-refractivity contribution is -0.137. The Morgan fingerprint density at radius 1 is 1.12 bits per heavy atom. The first-order chi connectivity index (χ1) is 16.3. The molecule has 9 heteroatoms. The van der Waals surface area contributed by atoms with Crippen molar-refractivity contribution in [1.82, 2.24) is 16.0 Å². The third-order valence-corrected chi connectivity index (χ3v) is 8.72. The molecule has 5 fully saturated rings. The maximum atomic E-state index is 13.6. The van der Waals surface area contributed by atoms with E-state index in [1.54, 1.807) is 0 Å². The van der Waals surface area contributed by atoms with Crippen LogP contribution < -0.4 is 20.7 Å². The first-order valence-corrected chi connectivity index (χ1v) is 12.8. The summed E-state index contributed by atoms with van der Waals surface area (Å²) in [5.41, 5.74) is -1.14. The minimum absolute atomic E-state index is 0.0134. The monoisotopic (exact) mass is 493 g/mol. The highest BCUT2D eigenvalue weighted by Crippen LogP contribution is 2.47. The number of hydrogen-bond acceptors (Lipinski definition) is 5. The van der Waals surface area contributed by atoms with Crippen LogP contribution in [0.3, 0.4) is 0 Å². The Morgan fingerprint density at radius 2 is 1.85 bits per heavy atom. The number of halogens is 2. The number of ether oxygens (including phenoxy) is 1. The maximum absolute atomic E-state index is 13.6. The first-order valence-electron chi connectivity index (χ1n) is 12.4. The quantitative estimate of drug-likeness (QED) is 0.468. The third kappa shape index (κ3) is 4.90. The number of carbonyl (C=O) groups excluding carboxylic acids is 2. The molecule has 6 rings (SSSR count). The summed E-state index contributed by atoms with van der Waals surface area (Å²) in [6.45, 7) is 0.630. The van der Waals surface area contributed by atoms with Crippen LogP contribution in [0.5, 0.6) is 5.75 Å². The standard InChI is InChI=1S/C25H33ClFN3O4/c26-18-5-4-17(11-19(18)27)34-14-22(32)29-25-9-7-24(8-10-25,12-21(25)31)30-23(33)20-6-3-16(13-28-20)15-1-2-15/h4-5,11,15-16,20-21,28,31H,1-3,6-10,12-14H2,(H,29,32)(H,30,33). The Hall–Kier alpha value is -1.90. The lowest BCUT2D eigenvalue weighted by atomic mass is 9.59. The van der Waals surface area contributed by atoms with Gasteiger partial charge in [-0.1, -0.05) is 11.6 Å². The van der Waals surface area contributed by atoms with E-state index in [-0.39, 0.29) is 35.2 Å². The van der Waals surface area contributed by atoms with E-state index in [0.717, 1.165) is 31.4 Å². The molecule has 4 saturated carbocycles. The Bertz CT molecular complexity index is 940. The number of fused-ring (bicyclic) bond motifs is 3. The third-order valence-electron chi connectivity index (χ3n) is 8.42. The SMILES string of the molecule is O=C(COc1ccc(Cl)c(F)c1)NC12CCC(NC(=O)C3CCC(C4CC4)CN3)(CC1)CC2O. The highest BCUT2D eigenvalue weighted by Gasteiger charge is 2.55. The molecule has 1 aliphatic heterocycles. The number of hydrogen-bond donors (Lipinski definition) is 4. The van der Waals surface area contributed by atoms with E-state index >= 15 is 0 Å². The van der Waals surface area contributed by atoms with Crippen molar-refractivity contribution in [1.29, 1.82) is 0 Å². The first kappa shape index (κ1) is 23.8. The predicted molar refractivity (Wildman–Crippen MR) is 125 cm³/mol. The molecule has 186 valence electrons. The zero-order valence-corrected chi connectivity index (χ0v) is 20.0. The van der Waals surface area contributed by atoms with Gasteiger partial charge in [0.15, 0.2) is 6.61 Å². The van der Waals surface area contributed by atoms with Crippen LogP contribution in [0.15, 0.2) is 18.2 Å². The number of amides is 2. The Balaban J connectivity index is 1.12. The summed E-state index contributed by atoms with van der Waals surface area (Å²) in [5.74, 6) is 0.817. The number of piperidine rings is 1. The molecular formula is C25H33ClFN3O4. The van der Waals surface area contributed by atoms with Crippen LogP contribution in [0, 0.1) is 17.7 Å². The molecule has 1 aromatic carbocycles. The summed E-state index contributed by atoms with van der Waals surface area (Å²) >= 11 is 5.67. The molecule has 4 N–H and O–H groups in total. The predicted octanol–water partition coefficient (Wildman–Crippen LogP) is 2.68. The fourth-order valence-electron chi connectivity index (χ4n) is 6.11. The zero-order chi connectivity index (χ0) is 23.9. The summed E-state index contributed by atoms with van der Waals surface area (Å²) in [4.78, 5) is 25.6. The van der Waals surface area contributed by atoms with Crippen LogP contribution in [0.4, 0.5) is 4.39 Å². The number of nitrogens with one attached hydrogen (secondary N) is 3. The van der Waals surface area contributed by atoms with Crippen molar-refractivity contribution >= 4 is 23.4 Å². The van der Waals surface area contributed by atoms with Gasteiger partial charge in [0.1, 0.15) is 11.6 Å². The summed E-state index contributed by atoms with van der Waals surface area (Å²) < 4.78 is 19.0. The molecule has 3 atom stereocenters. The molecular weight excluding hydrogens is 461 g/mol. The summed E-state index contributed by atoms with van der Waals surface area (Å²) in [6.07, 6.45) is 6.85.